The van der Waals surface area contributed by atoms with Crippen molar-refractivity contribution >= 4 is 10.0 Å². The van der Waals surface area contributed by atoms with Crippen molar-refractivity contribution in [2.45, 2.75) is 17.9 Å². The van der Waals surface area contributed by atoms with Crippen LogP contribution in [0.15, 0.2) is 64.0 Å². The van der Waals surface area contributed by atoms with Crippen LogP contribution in [0.5, 0.6) is 0 Å². The number of hydrogen-bond donors (Lipinski definition) is 0. The summed E-state index contributed by atoms with van der Waals surface area (Å²) in [6, 6.07) is 17.4. The summed E-state index contributed by atoms with van der Waals surface area (Å²) in [5.74, 6) is 0.691. The predicted molar refractivity (Wildman–Crippen MR) is 114 cm³/mol. The van der Waals surface area contributed by atoms with Gasteiger partial charge in [-0.25, -0.2) is 8.42 Å². The van der Waals surface area contributed by atoms with E-state index in [-0.39, 0.29) is 17.3 Å². The first-order valence-corrected chi connectivity index (χ1v) is 11.4. The van der Waals surface area contributed by atoms with Crippen LogP contribution in [0, 0.1) is 11.3 Å². The highest BCUT2D eigenvalue weighted by atomic mass is 32.2. The number of benzene rings is 2. The number of rotatable bonds is 4. The van der Waals surface area contributed by atoms with Gasteiger partial charge in [0.15, 0.2) is 5.69 Å². The summed E-state index contributed by atoms with van der Waals surface area (Å²) in [6.45, 7) is 0.470. The van der Waals surface area contributed by atoms with E-state index < -0.39 is 10.0 Å². The number of hydrogen-bond acceptors (Lipinski definition) is 7. The number of nitriles is 1. The summed E-state index contributed by atoms with van der Waals surface area (Å²) in [5, 5.41) is 17.6. The Hall–Kier alpha value is -3.81. The minimum absolute atomic E-state index is 0.143. The Morgan fingerprint density at radius 3 is 2.56 bits per heavy atom. The first-order chi connectivity index (χ1) is 15.5. The predicted octanol–water partition coefficient (Wildman–Crippen LogP) is 2.76. The van der Waals surface area contributed by atoms with Crippen molar-refractivity contribution in [3.8, 4) is 29.0 Å². The Kier molecular flexibility index (Phi) is 4.84. The third kappa shape index (κ3) is 3.37. The summed E-state index contributed by atoms with van der Waals surface area (Å²) in [6.07, 6.45) is 0.508. The highest BCUT2D eigenvalue weighted by Gasteiger charge is 2.33. The van der Waals surface area contributed by atoms with Gasteiger partial charge in [0.05, 0.1) is 16.5 Å². The van der Waals surface area contributed by atoms with Crippen molar-refractivity contribution in [2.24, 2.45) is 7.05 Å². The van der Waals surface area contributed by atoms with Gasteiger partial charge in [-0.2, -0.15) is 19.6 Å². The van der Waals surface area contributed by atoms with E-state index >= 15 is 0 Å². The van der Waals surface area contributed by atoms with Gasteiger partial charge >= 0.3 is 0 Å². The lowest BCUT2D eigenvalue weighted by Crippen LogP contribution is -2.36. The van der Waals surface area contributed by atoms with E-state index in [0.717, 1.165) is 16.8 Å². The molecule has 32 heavy (non-hydrogen) atoms. The van der Waals surface area contributed by atoms with Gasteiger partial charge in [-0.3, -0.25) is 4.68 Å². The van der Waals surface area contributed by atoms with E-state index in [1.807, 2.05) is 43.4 Å². The fourth-order valence-corrected chi connectivity index (χ4v) is 5.23. The van der Waals surface area contributed by atoms with Gasteiger partial charge in [-0.15, -0.1) is 0 Å². The van der Waals surface area contributed by atoms with Gasteiger partial charge in [0.25, 0.3) is 5.89 Å². The van der Waals surface area contributed by atoms with Gasteiger partial charge in [-0.05, 0) is 24.3 Å². The van der Waals surface area contributed by atoms with E-state index in [1.54, 1.807) is 4.68 Å². The number of nitrogens with zero attached hydrogens (tertiary/aromatic N) is 6. The van der Waals surface area contributed by atoms with Gasteiger partial charge < -0.3 is 4.52 Å². The fourth-order valence-electron chi connectivity index (χ4n) is 3.82. The van der Waals surface area contributed by atoms with E-state index in [4.69, 9.17) is 9.78 Å². The molecular weight excluding hydrogens is 428 g/mol. The van der Waals surface area contributed by atoms with Gasteiger partial charge in [-0.1, -0.05) is 35.5 Å². The average Bonchev–Trinajstić information content (AvgIpc) is 3.44. The molecule has 0 aliphatic carbocycles. The molecule has 2 aromatic heterocycles. The SMILES string of the molecule is Cn1nc(-c2nc(-c3ccccc3)no2)c2c1CCN(S(=O)(=O)c1ccc(C#N)cc1)C2. The van der Waals surface area contributed by atoms with Crippen molar-refractivity contribution < 1.29 is 12.9 Å². The Labute approximate surface area is 184 Å². The van der Waals surface area contributed by atoms with Crippen LogP contribution in [0.25, 0.3) is 23.0 Å². The molecule has 0 atom stereocenters. The lowest BCUT2D eigenvalue weighted by molar-refractivity contribution is 0.385. The van der Waals surface area contributed by atoms with Gasteiger partial charge in [0, 0.05) is 43.4 Å². The van der Waals surface area contributed by atoms with Crippen molar-refractivity contribution in [2.75, 3.05) is 6.54 Å². The summed E-state index contributed by atoms with van der Waals surface area (Å²) >= 11 is 0. The zero-order valence-electron chi connectivity index (χ0n) is 17.1. The quantitative estimate of drug-likeness (QED) is 0.473. The number of fused-ring (bicyclic) bond motifs is 1. The molecule has 0 bridgehead atoms. The molecule has 4 aromatic rings. The molecule has 3 heterocycles. The Bertz CT molecular complexity index is 1430. The molecule has 0 fully saturated rings. The fraction of sp³-hybridized carbons (Fsp3) is 0.182. The Balaban J connectivity index is 1.49. The maximum atomic E-state index is 13.2. The molecule has 0 unspecified atom stereocenters. The van der Waals surface area contributed by atoms with Crippen molar-refractivity contribution in [1.29, 1.82) is 5.26 Å². The van der Waals surface area contributed by atoms with Crippen LogP contribution >= 0.6 is 0 Å². The summed E-state index contributed by atoms with van der Waals surface area (Å²) in [5.41, 5.74) is 3.39. The number of aryl methyl sites for hydroxylation is 1. The number of aromatic nitrogens is 4. The highest BCUT2D eigenvalue weighted by molar-refractivity contribution is 7.89. The second-order valence-electron chi connectivity index (χ2n) is 7.41. The molecule has 0 saturated heterocycles. The first kappa shape index (κ1) is 20.1. The lowest BCUT2D eigenvalue weighted by atomic mass is 10.1. The maximum Gasteiger partial charge on any atom is 0.279 e. The lowest BCUT2D eigenvalue weighted by Gasteiger charge is -2.26. The van der Waals surface area contributed by atoms with Crippen LogP contribution in [0.4, 0.5) is 0 Å². The molecule has 0 N–H and O–H groups in total. The maximum absolute atomic E-state index is 13.2. The van der Waals surface area contributed by atoms with Gasteiger partial charge in [0.1, 0.15) is 0 Å². The van der Waals surface area contributed by atoms with E-state index in [0.29, 0.717) is 30.0 Å². The first-order valence-electron chi connectivity index (χ1n) is 9.92. The highest BCUT2D eigenvalue weighted by Crippen LogP contribution is 2.32. The summed E-state index contributed by atoms with van der Waals surface area (Å²) in [7, 11) is -1.92. The third-order valence-corrected chi connectivity index (χ3v) is 7.35. The molecule has 0 spiro atoms. The Morgan fingerprint density at radius 2 is 1.84 bits per heavy atom. The standard InChI is InChI=1S/C22H18N6O3S/c1-27-19-11-12-28(32(29,30)17-9-7-15(13-23)8-10-17)14-18(19)20(25-27)22-24-21(26-31-22)16-5-3-2-4-6-16/h2-10H,11-12,14H2,1H3. The Morgan fingerprint density at radius 1 is 1.09 bits per heavy atom. The van der Waals surface area contributed by atoms with Crippen LogP contribution in [-0.2, 0) is 30.0 Å². The molecule has 2 aromatic carbocycles. The molecule has 1 aliphatic rings. The van der Waals surface area contributed by atoms with Crippen LogP contribution < -0.4 is 0 Å². The molecule has 1 aliphatic heterocycles. The monoisotopic (exact) mass is 446 g/mol. The molecule has 0 saturated carbocycles. The minimum Gasteiger partial charge on any atom is -0.332 e. The van der Waals surface area contributed by atoms with E-state index in [2.05, 4.69) is 15.2 Å². The summed E-state index contributed by atoms with van der Waals surface area (Å²) in [4.78, 5) is 4.63. The zero-order chi connectivity index (χ0) is 22.3. The zero-order valence-corrected chi connectivity index (χ0v) is 18.0. The van der Waals surface area contributed by atoms with Crippen LogP contribution in [0.3, 0.4) is 0 Å². The molecular formula is C22H18N6O3S. The molecule has 0 amide bonds. The van der Waals surface area contributed by atoms with E-state index in [9.17, 15) is 8.42 Å². The second kappa shape index (κ2) is 7.71. The van der Waals surface area contributed by atoms with E-state index in [1.165, 1.54) is 28.6 Å². The minimum atomic E-state index is -3.74. The average molecular weight is 446 g/mol. The topological polar surface area (TPSA) is 118 Å². The molecule has 9 nitrogen and oxygen atoms in total. The molecule has 160 valence electrons. The van der Waals surface area contributed by atoms with Crippen LogP contribution in [-0.4, -0.2) is 39.2 Å². The molecule has 0 radical (unpaired) electrons. The second-order valence-corrected chi connectivity index (χ2v) is 9.35. The largest absolute Gasteiger partial charge is 0.332 e. The van der Waals surface area contributed by atoms with Crippen molar-refractivity contribution in [3.05, 3.63) is 71.4 Å². The summed E-state index contributed by atoms with van der Waals surface area (Å²) < 4.78 is 35.0. The molecule has 5 rings (SSSR count). The number of sulfonamides is 1. The molecule has 10 heteroatoms. The van der Waals surface area contributed by atoms with Crippen molar-refractivity contribution in [3.63, 3.8) is 0 Å². The smallest absolute Gasteiger partial charge is 0.279 e. The normalized spacial score (nSPS) is 14.1. The van der Waals surface area contributed by atoms with Crippen LogP contribution in [0.2, 0.25) is 0 Å². The van der Waals surface area contributed by atoms with Crippen molar-refractivity contribution in [1.82, 2.24) is 24.2 Å². The van der Waals surface area contributed by atoms with Gasteiger partial charge in [0.2, 0.25) is 15.8 Å². The third-order valence-electron chi connectivity index (χ3n) is 5.49. The van der Waals surface area contributed by atoms with Crippen LogP contribution in [0.1, 0.15) is 16.8 Å².